The van der Waals surface area contributed by atoms with Crippen LogP contribution in [0.3, 0.4) is 0 Å². The average Bonchev–Trinajstić information content (AvgIpc) is 2.22. The number of anilines is 1. The Labute approximate surface area is 113 Å². The van der Waals surface area contributed by atoms with Crippen LogP contribution in [0, 0.1) is 5.41 Å². The highest BCUT2D eigenvalue weighted by Crippen LogP contribution is 2.27. The van der Waals surface area contributed by atoms with E-state index in [4.69, 9.17) is 23.2 Å². The van der Waals surface area contributed by atoms with Gasteiger partial charge in [0, 0.05) is 10.4 Å². The van der Waals surface area contributed by atoms with E-state index in [0.29, 0.717) is 10.7 Å². The van der Waals surface area contributed by atoms with Crippen molar-refractivity contribution in [1.29, 1.82) is 0 Å². The van der Waals surface area contributed by atoms with Gasteiger partial charge in [-0.3, -0.25) is 4.79 Å². The van der Waals surface area contributed by atoms with Crippen LogP contribution in [-0.4, -0.2) is 11.8 Å². The molecule has 1 aromatic carbocycles. The third-order valence-corrected chi connectivity index (χ3v) is 3.60. The molecule has 0 radical (unpaired) electrons. The van der Waals surface area contributed by atoms with Gasteiger partial charge in [0.25, 0.3) is 0 Å². The molecule has 16 heavy (non-hydrogen) atoms. The average molecular weight is 325 g/mol. The van der Waals surface area contributed by atoms with Crippen molar-refractivity contribution in [2.75, 3.05) is 11.2 Å². The summed E-state index contributed by atoms with van der Waals surface area (Å²) >= 11 is 15.0. The molecule has 0 bridgehead atoms. The zero-order valence-electron chi connectivity index (χ0n) is 8.98. The summed E-state index contributed by atoms with van der Waals surface area (Å²) in [5.41, 5.74) is -0.0223. The molecular weight excluding hydrogens is 313 g/mol. The van der Waals surface area contributed by atoms with Gasteiger partial charge in [-0.05, 0) is 32.0 Å². The lowest BCUT2D eigenvalue weighted by Gasteiger charge is -2.20. The van der Waals surface area contributed by atoms with Crippen molar-refractivity contribution in [1.82, 2.24) is 0 Å². The molecule has 0 fully saturated rings. The van der Waals surface area contributed by atoms with Crippen LogP contribution in [-0.2, 0) is 4.79 Å². The van der Waals surface area contributed by atoms with Gasteiger partial charge >= 0.3 is 0 Å². The smallest absolute Gasteiger partial charge is 0.231 e. The van der Waals surface area contributed by atoms with Crippen LogP contribution in [0.15, 0.2) is 22.7 Å². The minimum atomic E-state index is -0.613. The van der Waals surface area contributed by atoms with Gasteiger partial charge in [0.2, 0.25) is 5.91 Å². The summed E-state index contributed by atoms with van der Waals surface area (Å²) in [6.45, 7) is 3.56. The van der Waals surface area contributed by atoms with Crippen LogP contribution in [0.4, 0.5) is 5.69 Å². The Morgan fingerprint density at radius 1 is 1.50 bits per heavy atom. The number of rotatable bonds is 3. The highest BCUT2D eigenvalue weighted by molar-refractivity contribution is 9.10. The van der Waals surface area contributed by atoms with E-state index >= 15 is 0 Å². The predicted molar refractivity (Wildman–Crippen MR) is 72.3 cm³/mol. The normalized spacial score (nSPS) is 11.3. The van der Waals surface area contributed by atoms with Crippen molar-refractivity contribution in [3.63, 3.8) is 0 Å². The van der Waals surface area contributed by atoms with Gasteiger partial charge in [-0.1, -0.05) is 27.5 Å². The first-order chi connectivity index (χ1) is 7.36. The van der Waals surface area contributed by atoms with E-state index in [-0.39, 0.29) is 11.8 Å². The highest BCUT2D eigenvalue weighted by Gasteiger charge is 2.26. The quantitative estimate of drug-likeness (QED) is 0.825. The zero-order chi connectivity index (χ0) is 12.3. The molecule has 0 aromatic heterocycles. The third-order valence-electron chi connectivity index (χ3n) is 2.13. The van der Waals surface area contributed by atoms with E-state index in [0.717, 1.165) is 4.47 Å². The first-order valence-electron chi connectivity index (χ1n) is 4.69. The maximum Gasteiger partial charge on any atom is 0.231 e. The second-order valence-electron chi connectivity index (χ2n) is 4.10. The highest BCUT2D eigenvalue weighted by atomic mass is 79.9. The van der Waals surface area contributed by atoms with Gasteiger partial charge in [-0.25, -0.2) is 0 Å². The molecule has 5 heteroatoms. The molecule has 0 aliphatic carbocycles. The Hall–Kier alpha value is -0.250. The molecule has 2 nitrogen and oxygen atoms in total. The number of hydrogen-bond acceptors (Lipinski definition) is 1. The Morgan fingerprint density at radius 2 is 2.12 bits per heavy atom. The topological polar surface area (TPSA) is 29.1 Å². The summed E-state index contributed by atoms with van der Waals surface area (Å²) in [6.07, 6.45) is 0. The first kappa shape index (κ1) is 13.8. The number of hydrogen-bond donors (Lipinski definition) is 1. The molecule has 0 spiro atoms. The summed E-state index contributed by atoms with van der Waals surface area (Å²) in [6, 6.07) is 5.29. The standard InChI is InChI=1S/C11H12BrCl2NO/c1-11(2,6-13)10(16)15-9-4-3-7(12)5-8(9)14/h3-5H,6H2,1-2H3,(H,15,16). The van der Waals surface area contributed by atoms with Gasteiger partial charge in [0.05, 0.1) is 16.1 Å². The number of nitrogens with one attached hydrogen (secondary N) is 1. The maximum absolute atomic E-state index is 11.8. The number of halogens is 3. The van der Waals surface area contributed by atoms with Gasteiger partial charge in [0.1, 0.15) is 0 Å². The molecule has 1 N–H and O–H groups in total. The number of amides is 1. The third kappa shape index (κ3) is 3.37. The summed E-state index contributed by atoms with van der Waals surface area (Å²) in [7, 11) is 0. The Kier molecular flexibility index (Phi) is 4.65. The van der Waals surface area contributed by atoms with Crippen LogP contribution in [0.25, 0.3) is 0 Å². The Balaban J connectivity index is 2.85. The van der Waals surface area contributed by atoms with E-state index in [2.05, 4.69) is 21.2 Å². The molecule has 0 atom stereocenters. The fourth-order valence-electron chi connectivity index (χ4n) is 0.943. The van der Waals surface area contributed by atoms with E-state index in [1.807, 2.05) is 6.07 Å². The fraction of sp³-hybridized carbons (Fsp3) is 0.364. The van der Waals surface area contributed by atoms with Crippen molar-refractivity contribution >= 4 is 50.7 Å². The zero-order valence-corrected chi connectivity index (χ0v) is 12.1. The molecule has 1 amide bonds. The molecular formula is C11H12BrCl2NO. The lowest BCUT2D eigenvalue weighted by atomic mass is 9.95. The van der Waals surface area contributed by atoms with E-state index in [1.54, 1.807) is 26.0 Å². The molecule has 0 aliphatic rings. The molecule has 0 unspecified atom stereocenters. The number of carbonyl (C=O) groups excluding carboxylic acids is 1. The molecule has 0 saturated carbocycles. The van der Waals surface area contributed by atoms with Gasteiger partial charge in [-0.2, -0.15) is 0 Å². The SMILES string of the molecule is CC(C)(CCl)C(=O)Nc1ccc(Br)cc1Cl. The van der Waals surface area contributed by atoms with E-state index < -0.39 is 5.41 Å². The van der Waals surface area contributed by atoms with Crippen molar-refractivity contribution < 1.29 is 4.79 Å². The second kappa shape index (κ2) is 5.39. The summed E-state index contributed by atoms with van der Waals surface area (Å²) in [5.74, 6) is 0.110. The van der Waals surface area contributed by atoms with E-state index in [1.165, 1.54) is 0 Å². The monoisotopic (exact) mass is 323 g/mol. The Morgan fingerprint density at radius 3 is 2.62 bits per heavy atom. The molecule has 0 heterocycles. The minimum Gasteiger partial charge on any atom is -0.324 e. The van der Waals surface area contributed by atoms with Crippen molar-refractivity contribution in [3.05, 3.63) is 27.7 Å². The predicted octanol–water partition coefficient (Wildman–Crippen LogP) is 4.31. The molecule has 0 aliphatic heterocycles. The van der Waals surface area contributed by atoms with Crippen molar-refractivity contribution in [2.45, 2.75) is 13.8 Å². The van der Waals surface area contributed by atoms with Gasteiger partial charge in [0.15, 0.2) is 0 Å². The number of carbonyl (C=O) groups is 1. The van der Waals surface area contributed by atoms with Gasteiger partial charge < -0.3 is 5.32 Å². The van der Waals surface area contributed by atoms with Crippen LogP contribution in [0.5, 0.6) is 0 Å². The lowest BCUT2D eigenvalue weighted by molar-refractivity contribution is -0.122. The summed E-state index contributed by atoms with van der Waals surface area (Å²) in [5, 5.41) is 3.25. The fourth-order valence-corrected chi connectivity index (χ4v) is 1.79. The van der Waals surface area contributed by atoms with Crippen molar-refractivity contribution in [3.8, 4) is 0 Å². The summed E-state index contributed by atoms with van der Waals surface area (Å²) in [4.78, 5) is 11.8. The van der Waals surface area contributed by atoms with Crippen LogP contribution in [0.1, 0.15) is 13.8 Å². The van der Waals surface area contributed by atoms with Crippen molar-refractivity contribution in [2.24, 2.45) is 5.41 Å². The molecule has 88 valence electrons. The Bertz CT molecular complexity index is 407. The largest absolute Gasteiger partial charge is 0.324 e. The van der Waals surface area contributed by atoms with Crippen LogP contribution < -0.4 is 5.32 Å². The van der Waals surface area contributed by atoms with E-state index in [9.17, 15) is 4.79 Å². The number of benzene rings is 1. The number of alkyl halides is 1. The minimum absolute atomic E-state index is 0.147. The molecule has 1 rings (SSSR count). The van der Waals surface area contributed by atoms with Crippen LogP contribution >= 0.6 is 39.1 Å². The lowest BCUT2D eigenvalue weighted by Crippen LogP contribution is -2.32. The van der Waals surface area contributed by atoms with Crippen LogP contribution in [0.2, 0.25) is 5.02 Å². The van der Waals surface area contributed by atoms with Gasteiger partial charge in [-0.15, -0.1) is 11.6 Å². The maximum atomic E-state index is 11.8. The summed E-state index contributed by atoms with van der Waals surface area (Å²) < 4.78 is 0.868. The molecule has 1 aromatic rings. The second-order valence-corrected chi connectivity index (χ2v) is 5.69. The molecule has 0 saturated heterocycles. The first-order valence-corrected chi connectivity index (χ1v) is 6.40.